The summed E-state index contributed by atoms with van der Waals surface area (Å²) in [4.78, 5) is 22.2. The van der Waals surface area contributed by atoms with Crippen LogP contribution in [0.4, 0.5) is 0 Å². The lowest BCUT2D eigenvalue weighted by molar-refractivity contribution is -0.130. The highest BCUT2D eigenvalue weighted by atomic mass is 16.5. The molecule has 20 heavy (non-hydrogen) atoms. The molecule has 0 atom stereocenters. The third-order valence-electron chi connectivity index (χ3n) is 2.59. The van der Waals surface area contributed by atoms with Gasteiger partial charge in [-0.05, 0) is 32.6 Å². The van der Waals surface area contributed by atoms with E-state index in [4.69, 9.17) is 9.47 Å². The van der Waals surface area contributed by atoms with E-state index in [0.717, 1.165) is 6.42 Å². The van der Waals surface area contributed by atoms with Crippen LogP contribution in [0.25, 0.3) is 0 Å². The van der Waals surface area contributed by atoms with Crippen LogP contribution in [0, 0.1) is 5.41 Å². The molecule has 0 aliphatic heterocycles. The molecule has 0 bridgehead atoms. The lowest BCUT2D eigenvalue weighted by atomic mass is 9.93. The van der Waals surface area contributed by atoms with Crippen LogP contribution in [0.2, 0.25) is 0 Å². The molecule has 0 aromatic carbocycles. The van der Waals surface area contributed by atoms with Crippen molar-refractivity contribution in [3.8, 4) is 0 Å². The Hall–Kier alpha value is -0.940. The number of carbonyl (C=O) groups excluding carboxylic acids is 2. The average molecular weight is 287 g/mol. The van der Waals surface area contributed by atoms with E-state index in [-0.39, 0.29) is 30.3 Å². The number of rotatable bonds is 9. The van der Waals surface area contributed by atoms with Gasteiger partial charge in [0.2, 0.25) is 5.91 Å². The Labute approximate surface area is 122 Å². The van der Waals surface area contributed by atoms with Crippen LogP contribution in [0.5, 0.6) is 0 Å². The Morgan fingerprint density at radius 2 is 1.65 bits per heavy atom. The maximum absolute atomic E-state index is 11.5. The van der Waals surface area contributed by atoms with Gasteiger partial charge in [0, 0.05) is 13.2 Å². The third-order valence-corrected chi connectivity index (χ3v) is 2.59. The number of nitrogens with one attached hydrogen (secondary N) is 1. The molecule has 118 valence electrons. The van der Waals surface area contributed by atoms with Gasteiger partial charge in [0.05, 0.1) is 5.60 Å². The molecular formula is C15H29NO4. The summed E-state index contributed by atoms with van der Waals surface area (Å²) in [6.07, 6.45) is 0.964. The highest BCUT2D eigenvalue weighted by Gasteiger charge is 2.20. The topological polar surface area (TPSA) is 64.6 Å². The van der Waals surface area contributed by atoms with E-state index in [1.165, 1.54) is 6.92 Å². The predicted octanol–water partition coefficient (Wildman–Crippen LogP) is 1.94. The molecule has 0 rings (SSSR count). The second-order valence-electron chi connectivity index (χ2n) is 6.89. The van der Waals surface area contributed by atoms with Crippen LogP contribution in [0.1, 0.15) is 48.0 Å². The van der Waals surface area contributed by atoms with Crippen molar-refractivity contribution >= 4 is 11.7 Å². The number of hydrogen-bond donors (Lipinski definition) is 1. The van der Waals surface area contributed by atoms with Crippen LogP contribution >= 0.6 is 0 Å². The highest BCUT2D eigenvalue weighted by Crippen LogP contribution is 2.20. The van der Waals surface area contributed by atoms with Crippen molar-refractivity contribution < 1.29 is 19.1 Å². The van der Waals surface area contributed by atoms with E-state index in [9.17, 15) is 9.59 Å². The minimum absolute atomic E-state index is 0.0289. The first-order valence-corrected chi connectivity index (χ1v) is 7.00. The normalized spacial score (nSPS) is 12.3. The Bertz CT molecular complexity index is 318. The van der Waals surface area contributed by atoms with Crippen LogP contribution in [-0.4, -0.2) is 43.7 Å². The lowest BCUT2D eigenvalue weighted by Crippen LogP contribution is -2.42. The Morgan fingerprint density at radius 3 is 2.15 bits per heavy atom. The van der Waals surface area contributed by atoms with Crippen molar-refractivity contribution in [1.82, 2.24) is 5.32 Å². The van der Waals surface area contributed by atoms with E-state index in [2.05, 4.69) is 26.1 Å². The number of ether oxygens (including phenoxy) is 2. The SMILES string of the molecule is CC(=O)COCC(=O)NCC(C)(C)OCCC(C)(C)C. The molecule has 0 aliphatic carbocycles. The van der Waals surface area contributed by atoms with Gasteiger partial charge in [-0.2, -0.15) is 0 Å². The van der Waals surface area contributed by atoms with Gasteiger partial charge in [0.25, 0.3) is 0 Å². The summed E-state index contributed by atoms with van der Waals surface area (Å²) >= 11 is 0. The van der Waals surface area contributed by atoms with Crippen molar-refractivity contribution in [3.05, 3.63) is 0 Å². The average Bonchev–Trinajstić information content (AvgIpc) is 2.24. The van der Waals surface area contributed by atoms with E-state index in [1.54, 1.807) is 0 Å². The second kappa shape index (κ2) is 8.37. The fourth-order valence-corrected chi connectivity index (χ4v) is 1.33. The van der Waals surface area contributed by atoms with Crippen LogP contribution in [0.15, 0.2) is 0 Å². The van der Waals surface area contributed by atoms with E-state index < -0.39 is 5.60 Å². The van der Waals surface area contributed by atoms with Gasteiger partial charge in [0.1, 0.15) is 13.2 Å². The predicted molar refractivity (Wildman–Crippen MR) is 78.6 cm³/mol. The monoisotopic (exact) mass is 287 g/mol. The van der Waals surface area contributed by atoms with Gasteiger partial charge in [-0.3, -0.25) is 9.59 Å². The van der Waals surface area contributed by atoms with E-state index >= 15 is 0 Å². The van der Waals surface area contributed by atoms with Crippen molar-refractivity contribution in [2.75, 3.05) is 26.4 Å². The number of ketones is 1. The van der Waals surface area contributed by atoms with Gasteiger partial charge in [-0.25, -0.2) is 0 Å². The molecule has 0 saturated carbocycles. The third kappa shape index (κ3) is 12.1. The summed E-state index contributed by atoms with van der Waals surface area (Å²) in [5.74, 6) is -0.331. The molecule has 5 nitrogen and oxygen atoms in total. The molecule has 0 fully saturated rings. The first kappa shape index (κ1) is 19.1. The number of carbonyl (C=O) groups is 2. The van der Waals surface area contributed by atoms with Crippen molar-refractivity contribution in [2.24, 2.45) is 5.41 Å². The Kier molecular flexibility index (Phi) is 7.98. The van der Waals surface area contributed by atoms with Gasteiger partial charge in [0.15, 0.2) is 5.78 Å². The molecule has 1 amide bonds. The Morgan fingerprint density at radius 1 is 1.05 bits per heavy atom. The van der Waals surface area contributed by atoms with Gasteiger partial charge < -0.3 is 14.8 Å². The molecule has 0 heterocycles. The number of Topliss-reactive ketones (excluding diaryl/α,β-unsaturated/α-hetero) is 1. The largest absolute Gasteiger partial charge is 0.374 e. The van der Waals surface area contributed by atoms with Crippen molar-refractivity contribution in [1.29, 1.82) is 0 Å². The summed E-state index contributed by atoms with van der Waals surface area (Å²) in [6, 6.07) is 0. The van der Waals surface area contributed by atoms with Crippen LogP contribution in [-0.2, 0) is 19.1 Å². The molecule has 0 radical (unpaired) electrons. The summed E-state index contributed by atoms with van der Waals surface area (Å²) in [5.41, 5.74) is -0.179. The first-order chi connectivity index (χ1) is 9.02. The minimum atomic E-state index is -0.415. The van der Waals surface area contributed by atoms with Crippen LogP contribution in [0.3, 0.4) is 0 Å². The summed E-state index contributed by atoms with van der Waals surface area (Å²) in [5, 5.41) is 2.74. The number of hydrogen-bond acceptors (Lipinski definition) is 4. The molecule has 0 aromatic heterocycles. The Balaban J connectivity index is 3.85. The van der Waals surface area contributed by atoms with Gasteiger partial charge in [-0.15, -0.1) is 0 Å². The lowest BCUT2D eigenvalue weighted by Gasteiger charge is -2.28. The molecule has 0 aromatic rings. The van der Waals surface area contributed by atoms with E-state index in [0.29, 0.717) is 13.2 Å². The highest BCUT2D eigenvalue weighted by molar-refractivity contribution is 5.79. The molecule has 0 spiro atoms. The van der Waals surface area contributed by atoms with E-state index in [1.807, 2.05) is 13.8 Å². The molecular weight excluding hydrogens is 258 g/mol. The summed E-state index contributed by atoms with van der Waals surface area (Å²) < 4.78 is 10.7. The maximum atomic E-state index is 11.5. The zero-order valence-electron chi connectivity index (χ0n) is 13.7. The van der Waals surface area contributed by atoms with Gasteiger partial charge >= 0.3 is 0 Å². The zero-order valence-corrected chi connectivity index (χ0v) is 13.7. The van der Waals surface area contributed by atoms with Gasteiger partial charge in [-0.1, -0.05) is 20.8 Å². The zero-order chi connectivity index (χ0) is 15.8. The maximum Gasteiger partial charge on any atom is 0.246 e. The van der Waals surface area contributed by atoms with Crippen molar-refractivity contribution in [3.63, 3.8) is 0 Å². The summed E-state index contributed by atoms with van der Waals surface area (Å²) in [7, 11) is 0. The standard InChI is InChI=1S/C15H29NO4/c1-12(17)9-19-10-13(18)16-11-15(5,6)20-8-7-14(2,3)4/h7-11H2,1-6H3,(H,16,18). The molecule has 0 saturated heterocycles. The number of amides is 1. The minimum Gasteiger partial charge on any atom is -0.374 e. The molecule has 0 aliphatic rings. The smallest absolute Gasteiger partial charge is 0.246 e. The first-order valence-electron chi connectivity index (χ1n) is 7.00. The van der Waals surface area contributed by atoms with Crippen molar-refractivity contribution in [2.45, 2.75) is 53.6 Å². The fraction of sp³-hybridized carbons (Fsp3) is 0.867. The summed E-state index contributed by atoms with van der Waals surface area (Å²) in [6.45, 7) is 12.7. The molecule has 0 unspecified atom stereocenters. The second-order valence-corrected chi connectivity index (χ2v) is 6.89. The fourth-order valence-electron chi connectivity index (χ4n) is 1.33. The molecule has 1 N–H and O–H groups in total. The van der Waals surface area contributed by atoms with Crippen LogP contribution < -0.4 is 5.32 Å². The quantitative estimate of drug-likeness (QED) is 0.704. The molecule has 5 heteroatoms.